The second-order valence-corrected chi connectivity index (χ2v) is 3.05. The van der Waals surface area contributed by atoms with Gasteiger partial charge in [-0.1, -0.05) is 19.8 Å². The van der Waals surface area contributed by atoms with Crippen molar-refractivity contribution in [3.63, 3.8) is 0 Å². The summed E-state index contributed by atoms with van der Waals surface area (Å²) in [6.45, 7) is 2.07. The van der Waals surface area contributed by atoms with Crippen molar-refractivity contribution in [3.05, 3.63) is 0 Å². The second kappa shape index (κ2) is 7.26. The van der Waals surface area contributed by atoms with Crippen LogP contribution in [0.5, 0.6) is 0 Å². The van der Waals surface area contributed by atoms with Crippen molar-refractivity contribution in [1.82, 2.24) is 0 Å². The Labute approximate surface area is 84.3 Å². The summed E-state index contributed by atoms with van der Waals surface area (Å²) in [5.74, 6) is 0. The lowest BCUT2D eigenvalue weighted by atomic mass is 10.3. The topological polar surface area (TPSA) is 63.6 Å². The summed E-state index contributed by atoms with van der Waals surface area (Å²) in [5, 5.41) is 0. The van der Waals surface area contributed by atoms with Gasteiger partial charge in [0.1, 0.15) is 0 Å². The maximum atomic E-state index is 9.93. The average Bonchev–Trinajstić information content (AvgIpc) is 1.78. The minimum absolute atomic E-state index is 0. The van der Waals surface area contributed by atoms with Crippen LogP contribution in [-0.4, -0.2) is 19.6 Å². The maximum absolute atomic E-state index is 9.93. The van der Waals surface area contributed by atoms with Crippen LogP contribution in [0.4, 0.5) is 0 Å². The van der Waals surface area contributed by atoms with Crippen molar-refractivity contribution in [3.8, 4) is 0 Å². The smallest absolute Gasteiger partial charge is 0.264 e. The summed E-state index contributed by atoms with van der Waals surface area (Å²) >= 11 is 0. The molecule has 11 heavy (non-hydrogen) atoms. The molecule has 0 saturated heterocycles. The molecular formula is C5H13IO4S. The molecule has 6 heteroatoms. The molecule has 0 bridgehead atoms. The summed E-state index contributed by atoms with van der Waals surface area (Å²) < 4.78 is 32.0. The van der Waals surface area contributed by atoms with Crippen LogP contribution in [0.2, 0.25) is 0 Å². The van der Waals surface area contributed by atoms with Crippen LogP contribution >= 0.6 is 24.0 Å². The van der Waals surface area contributed by atoms with Gasteiger partial charge < -0.3 is 0 Å². The SMILES string of the molecule is CCCCCOS(=O)(=O)O.I. The number of halogens is 1. The molecule has 0 atom stereocenters. The second-order valence-electron chi connectivity index (χ2n) is 1.96. The molecular weight excluding hydrogens is 283 g/mol. The van der Waals surface area contributed by atoms with Crippen LogP contribution in [0, 0.1) is 0 Å². The van der Waals surface area contributed by atoms with Gasteiger partial charge in [-0.05, 0) is 6.42 Å². The van der Waals surface area contributed by atoms with Crippen molar-refractivity contribution in [2.24, 2.45) is 0 Å². The van der Waals surface area contributed by atoms with Crippen LogP contribution in [0.3, 0.4) is 0 Å². The van der Waals surface area contributed by atoms with Gasteiger partial charge in [0.2, 0.25) is 0 Å². The van der Waals surface area contributed by atoms with Crippen molar-refractivity contribution in [2.45, 2.75) is 26.2 Å². The monoisotopic (exact) mass is 296 g/mol. The van der Waals surface area contributed by atoms with Crippen LogP contribution in [0.25, 0.3) is 0 Å². The van der Waals surface area contributed by atoms with Gasteiger partial charge in [0, 0.05) is 0 Å². The van der Waals surface area contributed by atoms with Crippen LogP contribution in [-0.2, 0) is 14.6 Å². The zero-order valence-electron chi connectivity index (χ0n) is 6.32. The van der Waals surface area contributed by atoms with Crippen LogP contribution < -0.4 is 0 Å². The molecule has 0 aromatic rings. The third-order valence-corrected chi connectivity index (χ3v) is 1.44. The Morgan fingerprint density at radius 1 is 1.36 bits per heavy atom. The predicted octanol–water partition coefficient (Wildman–Crippen LogP) is 1.61. The summed E-state index contributed by atoms with van der Waals surface area (Å²) in [4.78, 5) is 0. The van der Waals surface area contributed by atoms with E-state index in [1.807, 2.05) is 6.92 Å². The maximum Gasteiger partial charge on any atom is 0.397 e. The number of unbranched alkanes of at least 4 members (excludes halogenated alkanes) is 2. The minimum Gasteiger partial charge on any atom is -0.264 e. The molecule has 0 aliphatic heterocycles. The van der Waals surface area contributed by atoms with Gasteiger partial charge in [0.05, 0.1) is 6.61 Å². The van der Waals surface area contributed by atoms with E-state index in [2.05, 4.69) is 4.18 Å². The lowest BCUT2D eigenvalue weighted by Gasteiger charge is -1.96. The number of rotatable bonds is 5. The molecule has 4 nitrogen and oxygen atoms in total. The number of hydrogen-bond donors (Lipinski definition) is 1. The summed E-state index contributed by atoms with van der Waals surface area (Å²) in [6.07, 6.45) is 2.57. The Morgan fingerprint density at radius 2 is 1.91 bits per heavy atom. The summed E-state index contributed by atoms with van der Waals surface area (Å²) in [5.41, 5.74) is 0. The van der Waals surface area contributed by atoms with Gasteiger partial charge in [-0.15, -0.1) is 24.0 Å². The molecule has 0 saturated carbocycles. The van der Waals surface area contributed by atoms with Crippen LogP contribution in [0.15, 0.2) is 0 Å². The molecule has 0 rings (SSSR count). The van der Waals surface area contributed by atoms with Gasteiger partial charge in [-0.3, -0.25) is 4.55 Å². The van der Waals surface area contributed by atoms with E-state index in [9.17, 15) is 8.42 Å². The fraction of sp³-hybridized carbons (Fsp3) is 1.00. The molecule has 70 valence electrons. The van der Waals surface area contributed by atoms with Gasteiger partial charge >= 0.3 is 10.4 Å². The molecule has 0 unspecified atom stereocenters. The molecule has 0 aromatic carbocycles. The molecule has 0 amide bonds. The highest BCUT2D eigenvalue weighted by molar-refractivity contribution is 14.0. The fourth-order valence-corrected chi connectivity index (χ4v) is 0.845. The van der Waals surface area contributed by atoms with Crippen LogP contribution in [0.1, 0.15) is 26.2 Å². The first kappa shape index (κ1) is 14.1. The highest BCUT2D eigenvalue weighted by Crippen LogP contribution is 1.96. The normalized spacial score (nSPS) is 10.7. The van der Waals surface area contributed by atoms with E-state index in [1.54, 1.807) is 0 Å². The highest BCUT2D eigenvalue weighted by atomic mass is 127. The molecule has 0 heterocycles. The van der Waals surface area contributed by atoms with Gasteiger partial charge in [-0.2, -0.15) is 8.42 Å². The Balaban J connectivity index is 0. The summed E-state index contributed by atoms with van der Waals surface area (Å²) in [6, 6.07) is 0. The Hall–Kier alpha value is 0.600. The number of hydrogen-bond acceptors (Lipinski definition) is 3. The van der Waals surface area contributed by atoms with Gasteiger partial charge in [0.25, 0.3) is 0 Å². The van der Waals surface area contributed by atoms with E-state index in [-0.39, 0.29) is 30.6 Å². The van der Waals surface area contributed by atoms with E-state index in [1.165, 1.54) is 0 Å². The van der Waals surface area contributed by atoms with E-state index in [0.717, 1.165) is 12.8 Å². The third-order valence-electron chi connectivity index (χ3n) is 0.980. The standard InChI is InChI=1S/C5H12O4S.HI/c1-2-3-4-5-9-10(6,7)8;/h2-5H2,1H3,(H,6,7,8);1H. The molecule has 0 radical (unpaired) electrons. The van der Waals surface area contributed by atoms with Crippen molar-refractivity contribution >= 4 is 34.4 Å². The zero-order chi connectivity index (χ0) is 8.04. The van der Waals surface area contributed by atoms with E-state index in [0.29, 0.717) is 6.42 Å². The van der Waals surface area contributed by atoms with E-state index < -0.39 is 10.4 Å². The van der Waals surface area contributed by atoms with E-state index in [4.69, 9.17) is 4.55 Å². The lowest BCUT2D eigenvalue weighted by molar-refractivity contribution is 0.262. The van der Waals surface area contributed by atoms with Crippen molar-refractivity contribution in [1.29, 1.82) is 0 Å². The van der Waals surface area contributed by atoms with Gasteiger partial charge in [0.15, 0.2) is 0 Å². The van der Waals surface area contributed by atoms with Gasteiger partial charge in [-0.25, -0.2) is 4.18 Å². The molecule has 0 spiro atoms. The molecule has 0 aliphatic rings. The molecule has 0 aliphatic carbocycles. The highest BCUT2D eigenvalue weighted by Gasteiger charge is 2.01. The quantitative estimate of drug-likeness (QED) is 0.475. The first-order valence-corrected chi connectivity index (χ1v) is 4.54. The molecule has 0 fully saturated rings. The lowest BCUT2D eigenvalue weighted by Crippen LogP contribution is -2.04. The average molecular weight is 296 g/mol. The van der Waals surface area contributed by atoms with E-state index >= 15 is 0 Å². The zero-order valence-corrected chi connectivity index (χ0v) is 9.46. The Bertz CT molecular complexity index is 165. The first-order chi connectivity index (χ1) is 4.56. The Morgan fingerprint density at radius 3 is 2.27 bits per heavy atom. The van der Waals surface area contributed by atoms with Crippen molar-refractivity contribution in [2.75, 3.05) is 6.61 Å². The third kappa shape index (κ3) is 13.6. The molecule has 0 aromatic heterocycles. The fourth-order valence-electron chi connectivity index (χ4n) is 0.516. The molecule has 1 N–H and O–H groups in total. The first-order valence-electron chi connectivity index (χ1n) is 3.18. The summed E-state index contributed by atoms with van der Waals surface area (Å²) in [7, 11) is -4.20. The largest absolute Gasteiger partial charge is 0.397 e. The van der Waals surface area contributed by atoms with Crippen molar-refractivity contribution < 1.29 is 17.2 Å². The Kier molecular flexibility index (Phi) is 9.33. The minimum atomic E-state index is -4.20. The predicted molar refractivity (Wildman–Crippen MR) is 52.4 cm³/mol.